The van der Waals surface area contributed by atoms with Gasteiger partial charge in [0.2, 0.25) is 5.91 Å². The van der Waals surface area contributed by atoms with E-state index < -0.39 is 0 Å². The van der Waals surface area contributed by atoms with Crippen molar-refractivity contribution < 1.29 is 9.53 Å². The zero-order valence-corrected chi connectivity index (χ0v) is 11.5. The van der Waals surface area contributed by atoms with E-state index in [1.165, 1.54) is 0 Å². The van der Waals surface area contributed by atoms with Gasteiger partial charge in [0, 0.05) is 30.3 Å². The van der Waals surface area contributed by atoms with Crippen LogP contribution in [0.15, 0.2) is 24.3 Å². The monoisotopic (exact) mass is 250 g/mol. The van der Waals surface area contributed by atoms with Crippen LogP contribution in [0.4, 0.5) is 5.69 Å². The number of carbonyl (C=O) groups is 1. The van der Waals surface area contributed by atoms with Crippen LogP contribution in [0.3, 0.4) is 0 Å². The molecule has 0 aromatic heterocycles. The third kappa shape index (κ3) is 5.68. The Morgan fingerprint density at radius 2 is 2.06 bits per heavy atom. The fourth-order valence-corrected chi connectivity index (χ4v) is 1.48. The van der Waals surface area contributed by atoms with Crippen LogP contribution < -0.4 is 15.4 Å². The Bertz CT molecular complexity index is 397. The zero-order valence-electron chi connectivity index (χ0n) is 11.5. The SMILES string of the molecule is COc1cccc(NC(=O)CCNC(C)(C)C)c1. The van der Waals surface area contributed by atoms with Crippen molar-refractivity contribution in [3.63, 3.8) is 0 Å². The highest BCUT2D eigenvalue weighted by atomic mass is 16.5. The quantitative estimate of drug-likeness (QED) is 0.843. The van der Waals surface area contributed by atoms with Gasteiger partial charge < -0.3 is 15.4 Å². The maximum absolute atomic E-state index is 11.7. The number of hydrogen-bond acceptors (Lipinski definition) is 3. The molecule has 0 saturated heterocycles. The van der Waals surface area contributed by atoms with Crippen LogP contribution in [0.2, 0.25) is 0 Å². The topological polar surface area (TPSA) is 50.4 Å². The summed E-state index contributed by atoms with van der Waals surface area (Å²) >= 11 is 0. The smallest absolute Gasteiger partial charge is 0.225 e. The van der Waals surface area contributed by atoms with Gasteiger partial charge in [-0.2, -0.15) is 0 Å². The number of anilines is 1. The van der Waals surface area contributed by atoms with Crippen LogP contribution in [0.25, 0.3) is 0 Å². The summed E-state index contributed by atoms with van der Waals surface area (Å²) in [5, 5.41) is 6.12. The second-order valence-electron chi connectivity index (χ2n) is 5.21. The molecule has 0 aliphatic heterocycles. The fraction of sp³-hybridized carbons (Fsp3) is 0.500. The van der Waals surface area contributed by atoms with E-state index >= 15 is 0 Å². The van der Waals surface area contributed by atoms with Crippen LogP contribution in [0, 0.1) is 0 Å². The lowest BCUT2D eigenvalue weighted by Gasteiger charge is -2.20. The number of methoxy groups -OCH3 is 1. The minimum Gasteiger partial charge on any atom is -0.497 e. The van der Waals surface area contributed by atoms with Crippen molar-refractivity contribution in [1.82, 2.24) is 5.32 Å². The first-order chi connectivity index (χ1) is 8.40. The fourth-order valence-electron chi connectivity index (χ4n) is 1.48. The largest absolute Gasteiger partial charge is 0.497 e. The summed E-state index contributed by atoms with van der Waals surface area (Å²) < 4.78 is 5.10. The van der Waals surface area contributed by atoms with Crippen molar-refractivity contribution in [2.75, 3.05) is 19.0 Å². The maximum atomic E-state index is 11.7. The van der Waals surface area contributed by atoms with Gasteiger partial charge >= 0.3 is 0 Å². The Hall–Kier alpha value is -1.55. The standard InChI is InChI=1S/C14H22N2O2/c1-14(2,3)15-9-8-13(17)16-11-6-5-7-12(10-11)18-4/h5-7,10,15H,8-9H2,1-4H3,(H,16,17). The summed E-state index contributed by atoms with van der Waals surface area (Å²) in [6, 6.07) is 7.34. The molecule has 2 N–H and O–H groups in total. The molecule has 1 rings (SSSR count). The van der Waals surface area contributed by atoms with E-state index in [0.717, 1.165) is 11.4 Å². The van der Waals surface area contributed by atoms with Gasteiger partial charge in [0.05, 0.1) is 7.11 Å². The predicted octanol–water partition coefficient (Wildman–Crippen LogP) is 2.41. The molecular formula is C14H22N2O2. The molecule has 18 heavy (non-hydrogen) atoms. The van der Waals surface area contributed by atoms with Gasteiger partial charge in [-0.3, -0.25) is 4.79 Å². The van der Waals surface area contributed by atoms with E-state index in [1.54, 1.807) is 13.2 Å². The molecule has 0 radical (unpaired) electrons. The Kier molecular flexibility index (Phi) is 5.16. The number of amides is 1. The van der Waals surface area contributed by atoms with Gasteiger partial charge in [-0.15, -0.1) is 0 Å². The summed E-state index contributed by atoms with van der Waals surface area (Å²) in [5.74, 6) is 0.737. The van der Waals surface area contributed by atoms with Gasteiger partial charge in [-0.1, -0.05) is 6.07 Å². The molecule has 100 valence electrons. The van der Waals surface area contributed by atoms with Gasteiger partial charge in [-0.25, -0.2) is 0 Å². The zero-order chi connectivity index (χ0) is 13.6. The second-order valence-corrected chi connectivity index (χ2v) is 5.21. The second kappa shape index (κ2) is 6.40. The average Bonchev–Trinajstić information content (AvgIpc) is 2.27. The summed E-state index contributed by atoms with van der Waals surface area (Å²) in [6.07, 6.45) is 0.453. The molecule has 0 fully saturated rings. The summed E-state index contributed by atoms with van der Waals surface area (Å²) in [5.41, 5.74) is 0.797. The molecule has 0 atom stereocenters. The van der Waals surface area contributed by atoms with Crippen molar-refractivity contribution in [1.29, 1.82) is 0 Å². The molecule has 0 spiro atoms. The normalized spacial score (nSPS) is 11.1. The molecular weight excluding hydrogens is 228 g/mol. The molecule has 1 amide bonds. The van der Waals surface area contributed by atoms with Crippen molar-refractivity contribution in [2.24, 2.45) is 0 Å². The van der Waals surface area contributed by atoms with E-state index in [1.807, 2.05) is 18.2 Å². The molecule has 4 heteroatoms. The number of benzene rings is 1. The molecule has 4 nitrogen and oxygen atoms in total. The Labute approximate surface area is 109 Å². The van der Waals surface area contributed by atoms with Crippen molar-refractivity contribution in [3.8, 4) is 5.75 Å². The predicted molar refractivity (Wildman–Crippen MR) is 74.0 cm³/mol. The lowest BCUT2D eigenvalue weighted by Crippen LogP contribution is -2.37. The third-order valence-electron chi connectivity index (χ3n) is 2.36. The number of nitrogens with one attached hydrogen (secondary N) is 2. The molecule has 0 heterocycles. The molecule has 1 aromatic rings. The molecule has 0 bridgehead atoms. The Morgan fingerprint density at radius 3 is 2.67 bits per heavy atom. The van der Waals surface area contributed by atoms with Crippen LogP contribution in [0.5, 0.6) is 5.75 Å². The minimum atomic E-state index is 0.00000283. The molecule has 0 saturated carbocycles. The van der Waals surface area contributed by atoms with Crippen LogP contribution in [-0.2, 0) is 4.79 Å². The van der Waals surface area contributed by atoms with Crippen LogP contribution in [0.1, 0.15) is 27.2 Å². The van der Waals surface area contributed by atoms with Gasteiger partial charge in [0.25, 0.3) is 0 Å². The summed E-state index contributed by atoms with van der Waals surface area (Å²) in [4.78, 5) is 11.7. The first-order valence-electron chi connectivity index (χ1n) is 6.09. The molecule has 1 aromatic carbocycles. The highest BCUT2D eigenvalue weighted by Crippen LogP contribution is 2.16. The summed E-state index contributed by atoms with van der Waals surface area (Å²) in [7, 11) is 1.61. The number of carbonyl (C=O) groups excluding carboxylic acids is 1. The lowest BCUT2D eigenvalue weighted by molar-refractivity contribution is -0.116. The Balaban J connectivity index is 2.40. The Morgan fingerprint density at radius 1 is 1.33 bits per heavy atom. The van der Waals surface area contributed by atoms with Crippen molar-refractivity contribution in [2.45, 2.75) is 32.7 Å². The highest BCUT2D eigenvalue weighted by molar-refractivity contribution is 5.90. The molecule has 0 aliphatic rings. The number of rotatable bonds is 5. The molecule has 0 unspecified atom stereocenters. The number of ether oxygens (including phenoxy) is 1. The van der Waals surface area contributed by atoms with Crippen LogP contribution >= 0.6 is 0 Å². The van der Waals surface area contributed by atoms with Crippen LogP contribution in [-0.4, -0.2) is 25.1 Å². The first kappa shape index (κ1) is 14.5. The van der Waals surface area contributed by atoms with E-state index in [2.05, 4.69) is 31.4 Å². The number of hydrogen-bond donors (Lipinski definition) is 2. The summed E-state index contributed by atoms with van der Waals surface area (Å²) in [6.45, 7) is 6.90. The highest BCUT2D eigenvalue weighted by Gasteiger charge is 2.09. The van der Waals surface area contributed by atoms with Crippen molar-refractivity contribution in [3.05, 3.63) is 24.3 Å². The van der Waals surface area contributed by atoms with Gasteiger partial charge in [-0.05, 0) is 32.9 Å². The lowest BCUT2D eigenvalue weighted by atomic mass is 10.1. The van der Waals surface area contributed by atoms with E-state index in [9.17, 15) is 4.79 Å². The third-order valence-corrected chi connectivity index (χ3v) is 2.36. The van der Waals surface area contributed by atoms with Crippen molar-refractivity contribution >= 4 is 11.6 Å². The van der Waals surface area contributed by atoms with E-state index in [0.29, 0.717) is 13.0 Å². The average molecular weight is 250 g/mol. The van der Waals surface area contributed by atoms with E-state index in [4.69, 9.17) is 4.74 Å². The minimum absolute atomic E-state index is 0.00000283. The van der Waals surface area contributed by atoms with E-state index in [-0.39, 0.29) is 11.4 Å². The van der Waals surface area contributed by atoms with Gasteiger partial charge in [0.15, 0.2) is 0 Å². The van der Waals surface area contributed by atoms with Gasteiger partial charge in [0.1, 0.15) is 5.75 Å². The molecule has 0 aliphatic carbocycles. The first-order valence-corrected chi connectivity index (χ1v) is 6.09. The maximum Gasteiger partial charge on any atom is 0.225 e.